The van der Waals surface area contributed by atoms with E-state index in [4.69, 9.17) is 5.11 Å². The van der Waals surface area contributed by atoms with Crippen LogP contribution in [0.2, 0.25) is 0 Å². The average molecular weight is 292 g/mol. The maximum atomic E-state index is 11.8. The molecule has 1 saturated heterocycles. The summed E-state index contributed by atoms with van der Waals surface area (Å²) in [4.78, 5) is 23.9. The van der Waals surface area contributed by atoms with Crippen molar-refractivity contribution in [3.05, 3.63) is 0 Å². The Hall–Kier alpha value is -1.15. The molecular weight excluding hydrogens is 272 g/mol. The predicted octanol–water partition coefficient (Wildman–Crippen LogP) is -0.361. The minimum Gasteiger partial charge on any atom is -0.481 e. The van der Waals surface area contributed by atoms with Crippen LogP contribution < -0.4 is 4.72 Å². The Kier molecular flexibility index (Phi) is 5.74. The van der Waals surface area contributed by atoms with Gasteiger partial charge in [-0.25, -0.2) is 13.1 Å². The minimum absolute atomic E-state index is 0.105. The zero-order chi connectivity index (χ0) is 14.5. The van der Waals surface area contributed by atoms with Gasteiger partial charge in [-0.1, -0.05) is 0 Å². The number of rotatable bonds is 6. The molecule has 1 heterocycles. The van der Waals surface area contributed by atoms with Gasteiger partial charge >= 0.3 is 5.97 Å². The summed E-state index contributed by atoms with van der Waals surface area (Å²) in [5.41, 5.74) is 0. The van der Waals surface area contributed by atoms with Crippen LogP contribution in [-0.2, 0) is 19.6 Å². The van der Waals surface area contributed by atoms with E-state index in [1.807, 2.05) is 0 Å². The molecule has 1 aliphatic rings. The SMILES string of the molecule is CS(=O)(=O)NCC(=O)N1CCCC(CCC(=O)O)C1. The molecule has 1 aliphatic heterocycles. The summed E-state index contributed by atoms with van der Waals surface area (Å²) in [6.07, 6.45) is 3.41. The number of likely N-dealkylation sites (tertiary alicyclic amines) is 1. The predicted molar refractivity (Wildman–Crippen MR) is 69.0 cm³/mol. The van der Waals surface area contributed by atoms with Crippen LogP contribution in [0.3, 0.4) is 0 Å². The number of hydrogen-bond acceptors (Lipinski definition) is 4. The van der Waals surface area contributed by atoms with Crippen molar-refractivity contribution in [3.63, 3.8) is 0 Å². The fourth-order valence-electron chi connectivity index (χ4n) is 2.16. The molecule has 0 aliphatic carbocycles. The minimum atomic E-state index is -3.37. The highest BCUT2D eigenvalue weighted by Gasteiger charge is 2.24. The molecule has 7 nitrogen and oxygen atoms in total. The van der Waals surface area contributed by atoms with Crippen LogP contribution in [0.4, 0.5) is 0 Å². The van der Waals surface area contributed by atoms with E-state index in [1.54, 1.807) is 4.90 Å². The first-order valence-electron chi connectivity index (χ1n) is 6.22. The summed E-state index contributed by atoms with van der Waals surface area (Å²) >= 11 is 0. The van der Waals surface area contributed by atoms with Crippen LogP contribution in [0.15, 0.2) is 0 Å². The molecule has 0 saturated carbocycles. The zero-order valence-electron chi connectivity index (χ0n) is 11.0. The standard InChI is InChI=1S/C11H20N2O5S/c1-19(17,18)12-7-10(14)13-6-2-3-9(8-13)4-5-11(15)16/h9,12H,2-8H2,1H3,(H,15,16). The first-order chi connectivity index (χ1) is 8.78. The van der Waals surface area contributed by atoms with Crippen molar-refractivity contribution in [2.75, 3.05) is 25.9 Å². The van der Waals surface area contributed by atoms with Crippen LogP contribution in [-0.4, -0.2) is 56.2 Å². The van der Waals surface area contributed by atoms with Crippen LogP contribution in [0.5, 0.6) is 0 Å². The molecule has 1 rings (SSSR count). The summed E-state index contributed by atoms with van der Waals surface area (Å²) < 4.78 is 24.0. The normalized spacial score (nSPS) is 20.3. The zero-order valence-corrected chi connectivity index (χ0v) is 11.8. The van der Waals surface area contributed by atoms with E-state index in [1.165, 1.54) is 0 Å². The van der Waals surface area contributed by atoms with Crippen LogP contribution >= 0.6 is 0 Å². The maximum Gasteiger partial charge on any atom is 0.303 e. The Morgan fingerprint density at radius 3 is 2.68 bits per heavy atom. The van der Waals surface area contributed by atoms with E-state index < -0.39 is 16.0 Å². The molecule has 19 heavy (non-hydrogen) atoms. The molecule has 0 bridgehead atoms. The molecule has 1 unspecified atom stereocenters. The van der Waals surface area contributed by atoms with Crippen molar-refractivity contribution in [3.8, 4) is 0 Å². The number of aliphatic carboxylic acids is 1. The van der Waals surface area contributed by atoms with Crippen molar-refractivity contribution >= 4 is 21.9 Å². The van der Waals surface area contributed by atoms with E-state index in [2.05, 4.69) is 4.72 Å². The van der Waals surface area contributed by atoms with Gasteiger partial charge in [-0.3, -0.25) is 9.59 Å². The Morgan fingerprint density at radius 2 is 2.11 bits per heavy atom. The van der Waals surface area contributed by atoms with E-state index in [0.29, 0.717) is 19.5 Å². The van der Waals surface area contributed by atoms with Gasteiger partial charge < -0.3 is 10.0 Å². The van der Waals surface area contributed by atoms with Gasteiger partial charge in [-0.05, 0) is 25.2 Å². The molecule has 2 N–H and O–H groups in total. The highest BCUT2D eigenvalue weighted by atomic mass is 32.2. The topological polar surface area (TPSA) is 104 Å². The number of nitrogens with zero attached hydrogens (tertiary/aromatic N) is 1. The van der Waals surface area contributed by atoms with E-state index in [-0.39, 0.29) is 24.8 Å². The second-order valence-corrected chi connectivity index (χ2v) is 6.71. The van der Waals surface area contributed by atoms with E-state index in [9.17, 15) is 18.0 Å². The molecule has 0 aromatic rings. The van der Waals surface area contributed by atoms with Gasteiger partial charge in [-0.15, -0.1) is 0 Å². The molecular formula is C11H20N2O5S. The number of hydrogen-bond donors (Lipinski definition) is 2. The molecule has 0 aromatic heterocycles. The lowest BCUT2D eigenvalue weighted by Gasteiger charge is -2.32. The quantitative estimate of drug-likeness (QED) is 0.695. The lowest BCUT2D eigenvalue weighted by molar-refractivity contribution is -0.137. The van der Waals surface area contributed by atoms with Gasteiger partial charge in [-0.2, -0.15) is 0 Å². The monoisotopic (exact) mass is 292 g/mol. The number of piperidine rings is 1. The molecule has 1 atom stereocenters. The Balaban J connectivity index is 2.41. The van der Waals surface area contributed by atoms with Crippen LogP contribution in [0, 0.1) is 5.92 Å². The summed E-state index contributed by atoms with van der Waals surface area (Å²) in [6.45, 7) is 0.885. The number of nitrogens with one attached hydrogen (secondary N) is 1. The number of carbonyl (C=O) groups excluding carboxylic acids is 1. The Morgan fingerprint density at radius 1 is 1.42 bits per heavy atom. The molecule has 110 valence electrons. The van der Waals surface area contributed by atoms with Gasteiger partial charge in [0.05, 0.1) is 12.8 Å². The van der Waals surface area contributed by atoms with Gasteiger partial charge in [0.2, 0.25) is 15.9 Å². The van der Waals surface area contributed by atoms with Gasteiger partial charge in [0, 0.05) is 19.5 Å². The molecule has 0 spiro atoms. The van der Waals surface area contributed by atoms with Gasteiger partial charge in [0.25, 0.3) is 0 Å². The van der Waals surface area contributed by atoms with Crippen molar-refractivity contribution < 1.29 is 23.1 Å². The second-order valence-electron chi connectivity index (χ2n) is 4.87. The number of carbonyl (C=O) groups is 2. The van der Waals surface area contributed by atoms with Crippen LogP contribution in [0.1, 0.15) is 25.7 Å². The third kappa shape index (κ3) is 6.53. The number of amides is 1. The average Bonchev–Trinajstić information content (AvgIpc) is 2.33. The molecule has 1 amide bonds. The fourth-order valence-corrected chi connectivity index (χ4v) is 2.55. The highest BCUT2D eigenvalue weighted by molar-refractivity contribution is 7.88. The van der Waals surface area contributed by atoms with E-state index in [0.717, 1.165) is 19.1 Å². The lowest BCUT2D eigenvalue weighted by Crippen LogP contribution is -2.44. The van der Waals surface area contributed by atoms with E-state index >= 15 is 0 Å². The Labute approximate surface area is 113 Å². The third-order valence-corrected chi connectivity index (χ3v) is 3.79. The third-order valence-electron chi connectivity index (χ3n) is 3.12. The van der Waals surface area contributed by atoms with Crippen molar-refractivity contribution in [2.24, 2.45) is 5.92 Å². The van der Waals surface area contributed by atoms with Gasteiger partial charge in [0.15, 0.2) is 0 Å². The lowest BCUT2D eigenvalue weighted by atomic mass is 9.93. The van der Waals surface area contributed by atoms with Crippen molar-refractivity contribution in [1.82, 2.24) is 9.62 Å². The van der Waals surface area contributed by atoms with Gasteiger partial charge in [0.1, 0.15) is 0 Å². The molecule has 8 heteroatoms. The first kappa shape index (κ1) is 15.9. The number of carboxylic acids is 1. The summed E-state index contributed by atoms with van der Waals surface area (Å²) in [5, 5.41) is 8.64. The molecule has 0 radical (unpaired) electrons. The van der Waals surface area contributed by atoms with Crippen molar-refractivity contribution in [2.45, 2.75) is 25.7 Å². The maximum absolute atomic E-state index is 11.8. The summed E-state index contributed by atoms with van der Waals surface area (Å²) in [7, 11) is -3.37. The molecule has 1 fully saturated rings. The van der Waals surface area contributed by atoms with Crippen LogP contribution in [0.25, 0.3) is 0 Å². The second kappa shape index (κ2) is 6.85. The van der Waals surface area contributed by atoms with Crippen molar-refractivity contribution in [1.29, 1.82) is 0 Å². The smallest absolute Gasteiger partial charge is 0.303 e. The highest BCUT2D eigenvalue weighted by Crippen LogP contribution is 2.20. The number of carboxylic acid groups (broad SMARTS) is 1. The Bertz CT molecular complexity index is 434. The largest absolute Gasteiger partial charge is 0.481 e. The molecule has 0 aromatic carbocycles. The first-order valence-corrected chi connectivity index (χ1v) is 8.11. The fraction of sp³-hybridized carbons (Fsp3) is 0.818. The summed E-state index contributed by atoms with van der Waals surface area (Å²) in [5.74, 6) is -0.903. The number of sulfonamides is 1. The summed E-state index contributed by atoms with van der Waals surface area (Å²) in [6, 6.07) is 0.